The highest BCUT2D eigenvalue weighted by Crippen LogP contribution is 2.34. The van der Waals surface area contributed by atoms with Crippen molar-refractivity contribution in [3.63, 3.8) is 0 Å². The lowest BCUT2D eigenvalue weighted by atomic mass is 9.85. The Kier molecular flexibility index (Phi) is 8.81. The molecule has 7 nitrogen and oxygen atoms in total. The van der Waals surface area contributed by atoms with E-state index in [1.54, 1.807) is 0 Å². The van der Waals surface area contributed by atoms with E-state index in [9.17, 15) is 4.79 Å². The third kappa shape index (κ3) is 6.21. The highest BCUT2D eigenvalue weighted by molar-refractivity contribution is 5.96. The molecule has 1 amide bonds. The summed E-state index contributed by atoms with van der Waals surface area (Å²) in [4.78, 5) is 29.1. The number of piperidine rings is 2. The van der Waals surface area contributed by atoms with E-state index < -0.39 is 0 Å². The predicted octanol–water partition coefficient (Wildman–Crippen LogP) is 4.76. The van der Waals surface area contributed by atoms with Crippen molar-refractivity contribution in [2.24, 2.45) is 5.73 Å². The standard InChI is InChI=1S/C33H44N6O/c1-25-31(26(2)36-24-35-25)32(40)37-21-16-33(3,17-22-37)38-19-14-30(15-20-38)39(23-28-7-5-4-6-8-28)29-11-9-27(10-12-29)13-18-34/h4-12,24,30H,13-23,34H2,1-3H3. The fraction of sp³-hybridized carbons (Fsp3) is 0.485. The molecule has 7 heteroatoms. The van der Waals surface area contributed by atoms with Gasteiger partial charge in [0.05, 0.1) is 17.0 Å². The second kappa shape index (κ2) is 12.5. The first-order valence-corrected chi connectivity index (χ1v) is 14.8. The van der Waals surface area contributed by atoms with E-state index in [2.05, 4.69) is 81.3 Å². The Morgan fingerprint density at radius 2 is 1.55 bits per heavy atom. The highest BCUT2D eigenvalue weighted by atomic mass is 16.2. The predicted molar refractivity (Wildman–Crippen MR) is 161 cm³/mol. The molecule has 0 spiro atoms. The van der Waals surface area contributed by atoms with Gasteiger partial charge in [-0.3, -0.25) is 9.69 Å². The fourth-order valence-corrected chi connectivity index (χ4v) is 6.52. The lowest BCUT2D eigenvalue weighted by Crippen LogP contribution is -2.58. The maximum atomic E-state index is 13.3. The normalized spacial score (nSPS) is 18.1. The van der Waals surface area contributed by atoms with Crippen LogP contribution in [-0.2, 0) is 13.0 Å². The number of likely N-dealkylation sites (tertiary alicyclic amines) is 2. The molecule has 2 fully saturated rings. The summed E-state index contributed by atoms with van der Waals surface area (Å²) in [5, 5.41) is 0. The van der Waals surface area contributed by atoms with Crippen molar-refractivity contribution in [1.82, 2.24) is 19.8 Å². The third-order valence-corrected chi connectivity index (χ3v) is 9.13. The number of nitrogens with zero attached hydrogens (tertiary/aromatic N) is 5. The fourth-order valence-electron chi connectivity index (χ4n) is 6.52. The van der Waals surface area contributed by atoms with Gasteiger partial charge < -0.3 is 15.5 Å². The quantitative estimate of drug-likeness (QED) is 0.444. The van der Waals surface area contributed by atoms with Gasteiger partial charge in [0.25, 0.3) is 5.91 Å². The molecular formula is C33H44N6O. The Hall–Kier alpha value is -3.29. The van der Waals surface area contributed by atoms with Crippen molar-refractivity contribution in [1.29, 1.82) is 0 Å². The summed E-state index contributed by atoms with van der Waals surface area (Å²) in [6, 6.07) is 20.3. The Morgan fingerprint density at radius 1 is 0.925 bits per heavy atom. The van der Waals surface area contributed by atoms with Gasteiger partial charge in [-0.1, -0.05) is 42.5 Å². The van der Waals surface area contributed by atoms with Crippen molar-refractivity contribution in [3.8, 4) is 0 Å². The van der Waals surface area contributed by atoms with Crippen LogP contribution in [0.1, 0.15) is 65.5 Å². The number of benzene rings is 2. The van der Waals surface area contributed by atoms with Gasteiger partial charge in [-0.25, -0.2) is 9.97 Å². The van der Waals surface area contributed by atoms with Gasteiger partial charge in [0.2, 0.25) is 0 Å². The van der Waals surface area contributed by atoms with E-state index in [1.807, 2.05) is 18.7 Å². The molecular weight excluding hydrogens is 496 g/mol. The van der Waals surface area contributed by atoms with Crippen LogP contribution in [0, 0.1) is 13.8 Å². The van der Waals surface area contributed by atoms with Crippen molar-refractivity contribution in [2.45, 2.75) is 71.0 Å². The molecule has 0 atom stereocenters. The Morgan fingerprint density at radius 3 is 2.15 bits per heavy atom. The van der Waals surface area contributed by atoms with Crippen molar-refractivity contribution in [3.05, 3.63) is 89.0 Å². The van der Waals surface area contributed by atoms with Crippen LogP contribution in [0.25, 0.3) is 0 Å². The maximum Gasteiger partial charge on any atom is 0.257 e. The van der Waals surface area contributed by atoms with E-state index >= 15 is 0 Å². The van der Waals surface area contributed by atoms with E-state index in [0.717, 1.165) is 76.2 Å². The van der Waals surface area contributed by atoms with Crippen LogP contribution < -0.4 is 10.6 Å². The molecule has 1 aromatic heterocycles. The first kappa shape index (κ1) is 28.2. The minimum absolute atomic E-state index is 0.0744. The molecule has 212 valence electrons. The largest absolute Gasteiger partial charge is 0.364 e. The Bertz CT molecular complexity index is 1240. The summed E-state index contributed by atoms with van der Waals surface area (Å²) >= 11 is 0. The lowest BCUT2D eigenvalue weighted by molar-refractivity contribution is 0.0170. The van der Waals surface area contributed by atoms with Crippen LogP contribution in [0.5, 0.6) is 0 Å². The number of aromatic nitrogens is 2. The second-order valence-electron chi connectivity index (χ2n) is 11.7. The number of hydrogen-bond acceptors (Lipinski definition) is 6. The molecule has 3 aromatic rings. The average Bonchev–Trinajstić information content (AvgIpc) is 2.97. The van der Waals surface area contributed by atoms with Gasteiger partial charge in [0.1, 0.15) is 6.33 Å². The van der Waals surface area contributed by atoms with Gasteiger partial charge in [0, 0.05) is 50.0 Å². The van der Waals surface area contributed by atoms with Crippen LogP contribution in [0.2, 0.25) is 0 Å². The topological polar surface area (TPSA) is 78.6 Å². The number of aryl methyl sites for hydroxylation is 2. The molecule has 0 radical (unpaired) electrons. The van der Waals surface area contributed by atoms with E-state index in [4.69, 9.17) is 5.73 Å². The minimum Gasteiger partial charge on any atom is -0.364 e. The monoisotopic (exact) mass is 540 g/mol. The van der Waals surface area contributed by atoms with Gasteiger partial charge >= 0.3 is 0 Å². The van der Waals surface area contributed by atoms with E-state index in [1.165, 1.54) is 23.1 Å². The molecule has 2 aliphatic rings. The summed E-state index contributed by atoms with van der Waals surface area (Å²) < 4.78 is 0. The molecule has 2 saturated heterocycles. The van der Waals surface area contributed by atoms with Gasteiger partial charge in [-0.05, 0) is 82.7 Å². The molecule has 3 heterocycles. The van der Waals surface area contributed by atoms with Crippen molar-refractivity contribution >= 4 is 11.6 Å². The summed E-state index contributed by atoms with van der Waals surface area (Å²) in [5.74, 6) is 0.0744. The molecule has 2 aromatic carbocycles. The molecule has 0 saturated carbocycles. The minimum atomic E-state index is 0.0744. The Balaban J connectivity index is 1.23. The molecule has 0 unspecified atom stereocenters. The van der Waals surface area contributed by atoms with Crippen LogP contribution in [0.15, 0.2) is 60.9 Å². The van der Waals surface area contributed by atoms with Gasteiger partial charge in [-0.2, -0.15) is 0 Å². The van der Waals surface area contributed by atoms with Crippen molar-refractivity contribution < 1.29 is 4.79 Å². The average molecular weight is 541 g/mol. The smallest absolute Gasteiger partial charge is 0.257 e. The summed E-state index contributed by atoms with van der Waals surface area (Å²) in [6.07, 6.45) is 6.70. The maximum absolute atomic E-state index is 13.3. The zero-order valence-corrected chi connectivity index (χ0v) is 24.4. The first-order chi connectivity index (χ1) is 19.4. The number of amides is 1. The second-order valence-corrected chi connectivity index (χ2v) is 11.7. The van der Waals surface area contributed by atoms with E-state index in [-0.39, 0.29) is 11.4 Å². The highest BCUT2D eigenvalue weighted by Gasteiger charge is 2.39. The number of hydrogen-bond donors (Lipinski definition) is 1. The molecule has 0 bridgehead atoms. The van der Waals surface area contributed by atoms with Crippen LogP contribution in [0.4, 0.5) is 5.69 Å². The number of carbonyl (C=O) groups is 1. The van der Waals surface area contributed by atoms with E-state index in [0.29, 0.717) is 18.2 Å². The molecule has 5 rings (SSSR count). The number of nitrogens with two attached hydrogens (primary N) is 1. The number of carbonyl (C=O) groups excluding carboxylic acids is 1. The van der Waals surface area contributed by atoms with Crippen LogP contribution in [0.3, 0.4) is 0 Å². The van der Waals surface area contributed by atoms with Gasteiger partial charge in [0.15, 0.2) is 0 Å². The van der Waals surface area contributed by atoms with Gasteiger partial charge in [-0.15, -0.1) is 0 Å². The zero-order valence-electron chi connectivity index (χ0n) is 24.4. The number of anilines is 1. The summed E-state index contributed by atoms with van der Waals surface area (Å²) in [6.45, 7) is 11.5. The zero-order chi connectivity index (χ0) is 28.1. The summed E-state index contributed by atoms with van der Waals surface area (Å²) in [5.41, 5.74) is 12.0. The SMILES string of the molecule is Cc1ncnc(C)c1C(=O)N1CCC(C)(N2CCC(N(Cc3ccccc3)c3ccc(CCN)cc3)CC2)CC1. The third-order valence-electron chi connectivity index (χ3n) is 9.13. The van der Waals surface area contributed by atoms with Crippen LogP contribution >= 0.6 is 0 Å². The molecule has 40 heavy (non-hydrogen) atoms. The molecule has 0 aliphatic carbocycles. The molecule has 2 aliphatic heterocycles. The van der Waals surface area contributed by atoms with Crippen LogP contribution in [-0.4, -0.2) is 70.0 Å². The first-order valence-electron chi connectivity index (χ1n) is 14.8. The Labute approximate surface area is 239 Å². The summed E-state index contributed by atoms with van der Waals surface area (Å²) in [7, 11) is 0. The number of rotatable bonds is 8. The van der Waals surface area contributed by atoms with Crippen molar-refractivity contribution in [2.75, 3.05) is 37.6 Å². The molecule has 2 N–H and O–H groups in total. The lowest BCUT2D eigenvalue weighted by Gasteiger charge is -2.50.